The highest BCUT2D eigenvalue weighted by Crippen LogP contribution is 2.16. The lowest BCUT2D eigenvalue weighted by molar-refractivity contribution is -0.147. The van der Waals surface area contributed by atoms with Crippen molar-refractivity contribution in [3.63, 3.8) is 0 Å². The first-order valence-corrected chi connectivity index (χ1v) is 16.2. The fourth-order valence-corrected chi connectivity index (χ4v) is 5.33. The molecule has 0 bridgehead atoms. The van der Waals surface area contributed by atoms with Gasteiger partial charge in [0, 0.05) is 37.6 Å². The lowest BCUT2D eigenvalue weighted by Gasteiger charge is -2.26. The van der Waals surface area contributed by atoms with Gasteiger partial charge in [-0.1, -0.05) is 6.07 Å². The molecule has 1 aromatic carbocycles. The number of nitrogens with zero attached hydrogens (tertiary/aromatic N) is 8. The smallest absolute Gasteiger partial charge is 0.320 e. The third-order valence-corrected chi connectivity index (χ3v) is 7.60. The van der Waals surface area contributed by atoms with Crippen molar-refractivity contribution in [3.8, 4) is 11.6 Å². The van der Waals surface area contributed by atoms with Crippen molar-refractivity contribution in [2.45, 2.75) is 38.4 Å². The van der Waals surface area contributed by atoms with Crippen LogP contribution in [0.1, 0.15) is 41.0 Å². The molecule has 0 radical (unpaired) electrons. The van der Waals surface area contributed by atoms with Crippen molar-refractivity contribution >= 4 is 52.9 Å². The molecule has 5 N–H and O–H groups in total. The first kappa shape index (κ1) is 38.7. The number of benzene rings is 1. The standard InChI is InChI=1S/C33H35N9O9S/c43-29(44)18-39(19-30(45)46)16-24-11-14-41(37-24)27-5-3-6-28(36-27)42-15-12-25(38-42)17-40(20-31(47)48)26(33(50)51)4-1-2-13-34-32(49)22-7-9-23(10-8-22)35-21-52/h3,5-12,14-15,26H,1-2,4,13,16-20H2,(H,34,49)(H,43,44)(H,45,46)(H,47,48)(H,50,51). The van der Waals surface area contributed by atoms with Crippen LogP contribution < -0.4 is 5.32 Å². The summed E-state index contributed by atoms with van der Waals surface area (Å²) >= 11 is 4.57. The second-order valence-corrected chi connectivity index (χ2v) is 11.6. The first-order valence-electron chi connectivity index (χ1n) is 15.8. The predicted molar refractivity (Wildman–Crippen MR) is 186 cm³/mol. The van der Waals surface area contributed by atoms with Gasteiger partial charge in [-0.15, -0.1) is 0 Å². The number of carboxylic acid groups (broad SMARTS) is 4. The molecule has 1 atom stereocenters. The zero-order chi connectivity index (χ0) is 37.6. The van der Waals surface area contributed by atoms with Gasteiger partial charge >= 0.3 is 23.9 Å². The van der Waals surface area contributed by atoms with E-state index in [1.807, 2.05) is 0 Å². The number of aromatic nitrogens is 5. The topological polar surface area (TPSA) is 246 Å². The number of thiocarbonyl (C=S) groups is 1. The molecule has 0 spiro atoms. The summed E-state index contributed by atoms with van der Waals surface area (Å²) in [6.45, 7) is -1.31. The number of rotatable bonds is 21. The molecule has 3 aromatic heterocycles. The van der Waals surface area contributed by atoms with Crippen LogP contribution in [0.3, 0.4) is 0 Å². The molecule has 1 amide bonds. The van der Waals surface area contributed by atoms with Gasteiger partial charge in [0.05, 0.1) is 41.9 Å². The van der Waals surface area contributed by atoms with Crippen molar-refractivity contribution in [1.29, 1.82) is 0 Å². The lowest BCUT2D eigenvalue weighted by Crippen LogP contribution is -2.43. The van der Waals surface area contributed by atoms with Crippen molar-refractivity contribution in [3.05, 3.63) is 83.9 Å². The molecule has 0 aliphatic carbocycles. The van der Waals surface area contributed by atoms with Crippen LogP contribution in [-0.2, 0) is 32.3 Å². The van der Waals surface area contributed by atoms with E-state index in [-0.39, 0.29) is 32.0 Å². The van der Waals surface area contributed by atoms with Crippen molar-refractivity contribution < 1.29 is 44.4 Å². The number of pyridine rings is 1. The van der Waals surface area contributed by atoms with Gasteiger partial charge < -0.3 is 25.7 Å². The van der Waals surface area contributed by atoms with Crippen LogP contribution in [-0.4, -0.2) is 122 Å². The number of isothiocyanates is 1. The van der Waals surface area contributed by atoms with Crippen molar-refractivity contribution in [1.82, 2.24) is 39.7 Å². The van der Waals surface area contributed by atoms with E-state index in [4.69, 9.17) is 10.2 Å². The second-order valence-electron chi connectivity index (χ2n) is 11.4. The molecule has 0 aliphatic heterocycles. The minimum absolute atomic E-state index is 0.0179. The number of amides is 1. The molecule has 3 heterocycles. The number of carbonyl (C=O) groups is 5. The van der Waals surface area contributed by atoms with Gasteiger partial charge in [0.1, 0.15) is 6.04 Å². The molecular weight excluding hydrogens is 698 g/mol. The number of hydrogen-bond donors (Lipinski definition) is 5. The van der Waals surface area contributed by atoms with Crippen molar-refractivity contribution in [2.75, 3.05) is 26.2 Å². The van der Waals surface area contributed by atoms with Crippen LogP contribution in [0.15, 0.2) is 72.0 Å². The monoisotopic (exact) mass is 733 g/mol. The third-order valence-electron chi connectivity index (χ3n) is 7.50. The summed E-state index contributed by atoms with van der Waals surface area (Å²) in [7, 11) is 0. The SMILES string of the molecule is O=C(O)CN(CC(=O)O)Cc1ccn(-c2cccc(-n3ccc(CN(CC(=O)O)C(CCCCNC(=O)c4ccc(N=C=S)cc4)C(=O)O)n3)n2)n1. The Hall–Kier alpha value is -6.14. The highest BCUT2D eigenvalue weighted by atomic mass is 32.1. The Kier molecular flexibility index (Phi) is 13.9. The lowest BCUT2D eigenvalue weighted by atomic mass is 10.1. The summed E-state index contributed by atoms with van der Waals surface area (Å²) in [6.07, 6.45) is 4.18. The van der Waals surface area contributed by atoms with Gasteiger partial charge in [-0.05, 0) is 80.0 Å². The summed E-state index contributed by atoms with van der Waals surface area (Å²) in [5.41, 5.74) is 1.81. The number of aliphatic imine (C=N–C) groups is 1. The average Bonchev–Trinajstić information content (AvgIpc) is 3.76. The fraction of sp³-hybridized carbons (Fsp3) is 0.303. The number of nitrogens with one attached hydrogen (secondary N) is 1. The van der Waals surface area contributed by atoms with Gasteiger partial charge in [-0.3, -0.25) is 33.8 Å². The van der Waals surface area contributed by atoms with Crippen LogP contribution in [0.25, 0.3) is 11.6 Å². The van der Waals surface area contributed by atoms with Crippen LogP contribution in [0.5, 0.6) is 0 Å². The van der Waals surface area contributed by atoms with Crippen LogP contribution >= 0.6 is 12.2 Å². The molecule has 0 saturated carbocycles. The highest BCUT2D eigenvalue weighted by Gasteiger charge is 2.28. The maximum Gasteiger partial charge on any atom is 0.320 e. The van der Waals surface area contributed by atoms with Gasteiger partial charge in [0.25, 0.3) is 5.91 Å². The van der Waals surface area contributed by atoms with E-state index in [1.54, 1.807) is 67.0 Å². The number of unbranched alkanes of at least 4 members (excludes halogenated alkanes) is 1. The van der Waals surface area contributed by atoms with Crippen LogP contribution in [0.4, 0.5) is 5.69 Å². The minimum Gasteiger partial charge on any atom is -0.480 e. The van der Waals surface area contributed by atoms with E-state index in [2.05, 4.69) is 42.9 Å². The molecule has 19 heteroatoms. The molecule has 4 rings (SSSR count). The maximum absolute atomic E-state index is 12.4. The highest BCUT2D eigenvalue weighted by molar-refractivity contribution is 7.78. The van der Waals surface area contributed by atoms with Gasteiger partial charge in [0.15, 0.2) is 11.6 Å². The summed E-state index contributed by atoms with van der Waals surface area (Å²) < 4.78 is 2.89. The Balaban J connectivity index is 1.37. The van der Waals surface area contributed by atoms with E-state index in [9.17, 15) is 34.2 Å². The Morgan fingerprint density at radius 2 is 1.37 bits per heavy atom. The molecule has 1 unspecified atom stereocenters. The maximum atomic E-state index is 12.4. The zero-order valence-corrected chi connectivity index (χ0v) is 28.4. The summed E-state index contributed by atoms with van der Waals surface area (Å²) in [4.78, 5) is 69.7. The zero-order valence-electron chi connectivity index (χ0n) is 27.6. The van der Waals surface area contributed by atoms with Gasteiger partial charge in [-0.2, -0.15) is 15.2 Å². The second kappa shape index (κ2) is 18.7. The fourth-order valence-electron chi connectivity index (χ4n) is 5.22. The third kappa shape index (κ3) is 11.7. The Labute approximate surface area is 301 Å². The minimum atomic E-state index is -1.21. The van der Waals surface area contributed by atoms with Gasteiger partial charge in [0.2, 0.25) is 0 Å². The number of carbonyl (C=O) groups excluding carboxylic acids is 1. The van der Waals surface area contributed by atoms with Crippen LogP contribution in [0.2, 0.25) is 0 Å². The molecule has 0 fully saturated rings. The average molecular weight is 734 g/mol. The molecule has 0 aliphatic rings. The number of hydrogen-bond acceptors (Lipinski definition) is 12. The molecule has 52 heavy (non-hydrogen) atoms. The molecule has 18 nitrogen and oxygen atoms in total. The molecule has 4 aromatic rings. The van der Waals surface area contributed by atoms with E-state index in [1.165, 1.54) is 19.2 Å². The van der Waals surface area contributed by atoms with E-state index < -0.39 is 49.6 Å². The Morgan fingerprint density at radius 3 is 1.90 bits per heavy atom. The van der Waals surface area contributed by atoms with E-state index in [0.717, 1.165) is 0 Å². The van der Waals surface area contributed by atoms with Crippen LogP contribution in [0, 0.1) is 0 Å². The Morgan fingerprint density at radius 1 is 0.788 bits per heavy atom. The quantitative estimate of drug-likeness (QED) is 0.0468. The summed E-state index contributed by atoms with van der Waals surface area (Å²) in [5, 5.41) is 51.7. The predicted octanol–water partition coefficient (Wildman–Crippen LogP) is 2.10. The molecule has 0 saturated heterocycles. The molecule has 272 valence electrons. The summed E-state index contributed by atoms with van der Waals surface area (Å²) in [5.74, 6) is -4.28. The number of aliphatic carboxylic acids is 4. The van der Waals surface area contributed by atoms with E-state index >= 15 is 0 Å². The van der Waals surface area contributed by atoms with Crippen molar-refractivity contribution in [2.24, 2.45) is 4.99 Å². The molecular formula is C33H35N9O9S. The van der Waals surface area contributed by atoms with E-state index in [0.29, 0.717) is 47.1 Å². The first-order chi connectivity index (χ1) is 24.9. The normalized spacial score (nSPS) is 11.6. The Bertz CT molecular complexity index is 1920. The summed E-state index contributed by atoms with van der Waals surface area (Å²) in [6, 6.07) is 13.6. The largest absolute Gasteiger partial charge is 0.480 e. The number of carboxylic acids is 4. The van der Waals surface area contributed by atoms with Gasteiger partial charge in [-0.25, -0.2) is 14.3 Å².